The van der Waals surface area contributed by atoms with Crippen LogP contribution in [0.15, 0.2) is 24.3 Å². The van der Waals surface area contributed by atoms with Crippen molar-refractivity contribution in [2.24, 2.45) is 5.92 Å². The van der Waals surface area contributed by atoms with Crippen LogP contribution >= 0.6 is 0 Å². The SMILES string of the molecule is CC(=O)N1CCC(Cc2ccc(N3CCNCC3)cc2)CC1. The van der Waals surface area contributed by atoms with E-state index in [1.807, 2.05) is 4.90 Å². The number of likely N-dealkylation sites (tertiary alicyclic amines) is 1. The number of carbonyl (C=O) groups excluding carboxylic acids is 1. The highest BCUT2D eigenvalue weighted by molar-refractivity contribution is 5.73. The van der Waals surface area contributed by atoms with Crippen molar-refractivity contribution in [3.05, 3.63) is 29.8 Å². The van der Waals surface area contributed by atoms with Crippen LogP contribution in [0, 0.1) is 5.92 Å². The van der Waals surface area contributed by atoms with Crippen molar-refractivity contribution in [2.45, 2.75) is 26.2 Å². The van der Waals surface area contributed by atoms with Crippen LogP contribution in [0.4, 0.5) is 5.69 Å². The van der Waals surface area contributed by atoms with Crippen molar-refractivity contribution in [1.82, 2.24) is 10.2 Å². The monoisotopic (exact) mass is 301 g/mol. The first kappa shape index (κ1) is 15.3. The highest BCUT2D eigenvalue weighted by Gasteiger charge is 2.20. The van der Waals surface area contributed by atoms with E-state index in [4.69, 9.17) is 0 Å². The lowest BCUT2D eigenvalue weighted by atomic mass is 9.90. The number of nitrogens with zero attached hydrogens (tertiary/aromatic N) is 2. The van der Waals surface area contributed by atoms with Crippen LogP contribution in [0.1, 0.15) is 25.3 Å². The number of hydrogen-bond donors (Lipinski definition) is 1. The predicted octanol–water partition coefficient (Wildman–Crippen LogP) is 1.90. The summed E-state index contributed by atoms with van der Waals surface area (Å²) in [4.78, 5) is 15.8. The van der Waals surface area contributed by atoms with Gasteiger partial charge in [0.05, 0.1) is 0 Å². The fourth-order valence-corrected chi connectivity index (χ4v) is 3.55. The molecule has 4 heteroatoms. The zero-order valence-corrected chi connectivity index (χ0v) is 13.6. The van der Waals surface area contributed by atoms with Crippen LogP contribution in [0.3, 0.4) is 0 Å². The van der Waals surface area contributed by atoms with Gasteiger partial charge in [-0.3, -0.25) is 4.79 Å². The Kier molecular flexibility index (Phi) is 4.98. The number of piperidine rings is 1. The molecule has 1 amide bonds. The minimum Gasteiger partial charge on any atom is -0.369 e. The second kappa shape index (κ2) is 7.14. The highest BCUT2D eigenvalue weighted by Crippen LogP contribution is 2.23. The van der Waals surface area contributed by atoms with Crippen LogP contribution in [0.2, 0.25) is 0 Å². The molecule has 0 unspecified atom stereocenters. The van der Waals surface area contributed by atoms with Gasteiger partial charge < -0.3 is 15.1 Å². The Balaban J connectivity index is 1.52. The Morgan fingerprint density at radius 1 is 1.09 bits per heavy atom. The molecule has 0 radical (unpaired) electrons. The van der Waals surface area contributed by atoms with Gasteiger partial charge in [-0.2, -0.15) is 0 Å². The number of carbonyl (C=O) groups is 1. The fourth-order valence-electron chi connectivity index (χ4n) is 3.55. The van der Waals surface area contributed by atoms with Crippen molar-refractivity contribution in [3.63, 3.8) is 0 Å². The smallest absolute Gasteiger partial charge is 0.219 e. The molecule has 2 heterocycles. The van der Waals surface area contributed by atoms with Crippen molar-refractivity contribution in [2.75, 3.05) is 44.2 Å². The molecule has 4 nitrogen and oxygen atoms in total. The molecule has 0 spiro atoms. The van der Waals surface area contributed by atoms with Crippen LogP contribution < -0.4 is 10.2 Å². The number of piperazine rings is 1. The first-order valence-electron chi connectivity index (χ1n) is 8.52. The van der Waals surface area contributed by atoms with Gasteiger partial charge in [-0.05, 0) is 42.9 Å². The number of benzene rings is 1. The zero-order valence-electron chi connectivity index (χ0n) is 13.6. The quantitative estimate of drug-likeness (QED) is 0.926. The number of amides is 1. The topological polar surface area (TPSA) is 35.6 Å². The average Bonchev–Trinajstić information content (AvgIpc) is 2.57. The molecule has 0 aliphatic carbocycles. The standard InChI is InChI=1S/C18H27N3O/c1-15(22)20-10-6-17(7-11-20)14-16-2-4-18(5-3-16)21-12-8-19-9-13-21/h2-5,17,19H,6-14H2,1H3. The van der Waals surface area contributed by atoms with Gasteiger partial charge in [0.25, 0.3) is 0 Å². The molecule has 1 N–H and O–H groups in total. The van der Waals surface area contributed by atoms with Crippen molar-refractivity contribution in [3.8, 4) is 0 Å². The summed E-state index contributed by atoms with van der Waals surface area (Å²) < 4.78 is 0. The highest BCUT2D eigenvalue weighted by atomic mass is 16.2. The van der Waals surface area contributed by atoms with Crippen molar-refractivity contribution in [1.29, 1.82) is 0 Å². The number of hydrogen-bond acceptors (Lipinski definition) is 3. The summed E-state index contributed by atoms with van der Waals surface area (Å²) >= 11 is 0. The van der Waals surface area contributed by atoms with Gasteiger partial charge in [-0.15, -0.1) is 0 Å². The first-order valence-corrected chi connectivity index (χ1v) is 8.52. The molecule has 0 aromatic heterocycles. The van der Waals surface area contributed by atoms with Crippen LogP contribution in [0.25, 0.3) is 0 Å². The fraction of sp³-hybridized carbons (Fsp3) is 0.611. The minimum absolute atomic E-state index is 0.221. The largest absolute Gasteiger partial charge is 0.369 e. The summed E-state index contributed by atoms with van der Waals surface area (Å²) in [6.07, 6.45) is 3.42. The van der Waals surface area contributed by atoms with Gasteiger partial charge in [0.15, 0.2) is 0 Å². The van der Waals surface area contributed by atoms with E-state index in [9.17, 15) is 4.79 Å². The van der Waals surface area contributed by atoms with Gasteiger partial charge in [0.1, 0.15) is 0 Å². The van der Waals surface area contributed by atoms with E-state index in [-0.39, 0.29) is 5.91 Å². The zero-order chi connectivity index (χ0) is 15.4. The molecule has 0 bridgehead atoms. The maximum atomic E-state index is 11.4. The van der Waals surface area contributed by atoms with Gasteiger partial charge >= 0.3 is 0 Å². The summed E-state index contributed by atoms with van der Waals surface area (Å²) in [5, 5.41) is 3.39. The minimum atomic E-state index is 0.221. The predicted molar refractivity (Wildman–Crippen MR) is 90.2 cm³/mol. The molecule has 2 aliphatic rings. The number of nitrogens with one attached hydrogen (secondary N) is 1. The van der Waals surface area contributed by atoms with E-state index in [0.29, 0.717) is 0 Å². The van der Waals surface area contributed by atoms with E-state index >= 15 is 0 Å². The molecule has 120 valence electrons. The summed E-state index contributed by atoms with van der Waals surface area (Å²) in [6.45, 7) is 7.89. The summed E-state index contributed by atoms with van der Waals surface area (Å²) in [5.74, 6) is 0.944. The molecule has 2 fully saturated rings. The third-order valence-electron chi connectivity index (χ3n) is 5.00. The van der Waals surface area contributed by atoms with Gasteiger partial charge in [0, 0.05) is 51.9 Å². The average molecular weight is 301 g/mol. The Labute approximate surface area is 133 Å². The Morgan fingerprint density at radius 2 is 1.73 bits per heavy atom. The molecule has 2 aliphatic heterocycles. The third-order valence-corrected chi connectivity index (χ3v) is 5.00. The van der Waals surface area contributed by atoms with E-state index in [0.717, 1.165) is 64.4 Å². The lowest BCUT2D eigenvalue weighted by Crippen LogP contribution is -2.43. The number of rotatable bonds is 3. The molecular weight excluding hydrogens is 274 g/mol. The van der Waals surface area contributed by atoms with E-state index in [1.54, 1.807) is 6.92 Å². The molecule has 0 saturated carbocycles. The van der Waals surface area contributed by atoms with Crippen molar-refractivity contribution < 1.29 is 4.79 Å². The lowest BCUT2D eigenvalue weighted by Gasteiger charge is -2.31. The summed E-state index contributed by atoms with van der Waals surface area (Å²) in [5.41, 5.74) is 2.77. The number of anilines is 1. The van der Waals surface area contributed by atoms with Crippen LogP contribution in [-0.4, -0.2) is 50.1 Å². The third kappa shape index (κ3) is 3.80. The van der Waals surface area contributed by atoms with E-state index in [2.05, 4.69) is 34.5 Å². The molecule has 2 saturated heterocycles. The van der Waals surface area contributed by atoms with Gasteiger partial charge in [0.2, 0.25) is 5.91 Å². The van der Waals surface area contributed by atoms with Gasteiger partial charge in [-0.1, -0.05) is 12.1 Å². The first-order chi connectivity index (χ1) is 10.7. The molecule has 0 atom stereocenters. The Bertz CT molecular complexity index is 486. The Morgan fingerprint density at radius 3 is 2.32 bits per heavy atom. The molecular formula is C18H27N3O. The molecule has 1 aromatic carbocycles. The lowest BCUT2D eigenvalue weighted by molar-refractivity contribution is -0.130. The van der Waals surface area contributed by atoms with Crippen LogP contribution in [0.5, 0.6) is 0 Å². The van der Waals surface area contributed by atoms with E-state index < -0.39 is 0 Å². The molecule has 22 heavy (non-hydrogen) atoms. The maximum absolute atomic E-state index is 11.4. The Hall–Kier alpha value is -1.55. The second-order valence-electron chi connectivity index (χ2n) is 6.56. The van der Waals surface area contributed by atoms with Crippen molar-refractivity contribution >= 4 is 11.6 Å². The van der Waals surface area contributed by atoms with E-state index in [1.165, 1.54) is 11.3 Å². The summed E-state index contributed by atoms with van der Waals surface area (Å²) in [6, 6.07) is 9.11. The second-order valence-corrected chi connectivity index (χ2v) is 6.56. The normalized spacial score (nSPS) is 20.2. The molecule has 1 aromatic rings. The summed E-state index contributed by atoms with van der Waals surface area (Å²) in [7, 11) is 0. The maximum Gasteiger partial charge on any atom is 0.219 e. The molecule has 3 rings (SSSR count). The van der Waals surface area contributed by atoms with Gasteiger partial charge in [-0.25, -0.2) is 0 Å². The van der Waals surface area contributed by atoms with Crippen LogP contribution in [-0.2, 0) is 11.2 Å².